The second-order valence-electron chi connectivity index (χ2n) is 6.46. The van der Waals surface area contributed by atoms with Crippen LogP contribution >= 0.6 is 0 Å². The highest BCUT2D eigenvalue weighted by Gasteiger charge is 2.27. The molecular weight excluding hydrogens is 324 g/mol. The molecule has 3 heterocycles. The van der Waals surface area contributed by atoms with Crippen LogP contribution in [0.15, 0.2) is 27.8 Å². The van der Waals surface area contributed by atoms with Crippen molar-refractivity contribution in [1.82, 2.24) is 20.0 Å². The molecule has 8 nitrogen and oxygen atoms in total. The lowest BCUT2D eigenvalue weighted by atomic mass is 10.1. The van der Waals surface area contributed by atoms with Gasteiger partial charge in [-0.15, -0.1) is 0 Å². The molecule has 1 amide bonds. The molecule has 1 N–H and O–H groups in total. The van der Waals surface area contributed by atoms with E-state index in [2.05, 4.69) is 15.1 Å². The number of aryl methyl sites for hydroxylation is 1. The van der Waals surface area contributed by atoms with Crippen molar-refractivity contribution >= 4 is 5.91 Å². The van der Waals surface area contributed by atoms with Gasteiger partial charge in [-0.2, -0.15) is 0 Å². The minimum Gasteiger partial charge on any atom is -0.375 e. The first-order chi connectivity index (χ1) is 12.0. The normalized spacial score (nSPS) is 17.9. The van der Waals surface area contributed by atoms with Crippen LogP contribution in [-0.2, 0) is 11.2 Å². The topological polar surface area (TPSA) is 101 Å². The first kappa shape index (κ1) is 17.3. The Morgan fingerprint density at radius 3 is 3.00 bits per heavy atom. The second kappa shape index (κ2) is 7.60. The SMILES string of the molecule is CC(C)c1cc(C(=O)N2CCO[C@H](CCc3cc(=O)[nH]cn3)C2)on1. The maximum absolute atomic E-state index is 12.6. The third-order valence-corrected chi connectivity index (χ3v) is 4.21. The number of amides is 1. The Morgan fingerprint density at radius 2 is 2.28 bits per heavy atom. The summed E-state index contributed by atoms with van der Waals surface area (Å²) in [4.78, 5) is 32.2. The van der Waals surface area contributed by atoms with Gasteiger partial charge in [-0.05, 0) is 18.8 Å². The van der Waals surface area contributed by atoms with Gasteiger partial charge in [-0.25, -0.2) is 4.98 Å². The van der Waals surface area contributed by atoms with Crippen molar-refractivity contribution < 1.29 is 14.1 Å². The number of nitrogens with zero attached hydrogens (tertiary/aromatic N) is 3. The van der Waals surface area contributed by atoms with E-state index in [1.165, 1.54) is 12.4 Å². The Labute approximate surface area is 145 Å². The molecule has 1 atom stereocenters. The van der Waals surface area contributed by atoms with E-state index in [4.69, 9.17) is 9.26 Å². The number of aromatic amines is 1. The molecule has 0 aliphatic carbocycles. The molecular formula is C17H22N4O4. The van der Waals surface area contributed by atoms with Crippen LogP contribution in [0.2, 0.25) is 0 Å². The number of ether oxygens (including phenoxy) is 1. The molecule has 1 aliphatic rings. The van der Waals surface area contributed by atoms with Gasteiger partial charge in [-0.1, -0.05) is 19.0 Å². The van der Waals surface area contributed by atoms with E-state index in [1.54, 1.807) is 11.0 Å². The molecule has 1 aliphatic heterocycles. The Hall–Kier alpha value is -2.48. The zero-order valence-corrected chi connectivity index (χ0v) is 14.4. The van der Waals surface area contributed by atoms with E-state index in [-0.39, 0.29) is 29.2 Å². The van der Waals surface area contributed by atoms with Crippen LogP contribution in [0.3, 0.4) is 0 Å². The Kier molecular flexibility index (Phi) is 5.28. The first-order valence-corrected chi connectivity index (χ1v) is 8.44. The molecule has 2 aromatic rings. The lowest BCUT2D eigenvalue weighted by Crippen LogP contribution is -2.45. The van der Waals surface area contributed by atoms with Gasteiger partial charge in [0.1, 0.15) is 0 Å². The quantitative estimate of drug-likeness (QED) is 0.877. The summed E-state index contributed by atoms with van der Waals surface area (Å²) in [6, 6.07) is 3.19. The van der Waals surface area contributed by atoms with Gasteiger partial charge in [0.15, 0.2) is 0 Å². The lowest BCUT2D eigenvalue weighted by Gasteiger charge is -2.32. The van der Waals surface area contributed by atoms with Gasteiger partial charge in [0, 0.05) is 30.9 Å². The van der Waals surface area contributed by atoms with Crippen LogP contribution in [0.4, 0.5) is 0 Å². The van der Waals surface area contributed by atoms with E-state index >= 15 is 0 Å². The molecule has 25 heavy (non-hydrogen) atoms. The average molecular weight is 346 g/mol. The molecule has 1 saturated heterocycles. The Balaban J connectivity index is 1.58. The zero-order valence-electron chi connectivity index (χ0n) is 14.4. The summed E-state index contributed by atoms with van der Waals surface area (Å²) in [5.74, 6) is 0.312. The minimum atomic E-state index is -0.169. The molecule has 0 saturated carbocycles. The standard InChI is InChI=1S/C17H22N4O4/c1-11(2)14-8-15(25-20-14)17(23)21-5-6-24-13(9-21)4-3-12-7-16(22)19-10-18-12/h7-8,10-11,13H,3-6,9H2,1-2H3,(H,18,19,22)/t13-/m1/s1. The number of aromatic nitrogens is 3. The monoisotopic (exact) mass is 346 g/mol. The molecule has 134 valence electrons. The lowest BCUT2D eigenvalue weighted by molar-refractivity contribution is -0.0258. The predicted octanol–water partition coefficient (Wildman–Crippen LogP) is 1.36. The van der Waals surface area contributed by atoms with Crippen LogP contribution in [0.25, 0.3) is 0 Å². The molecule has 2 aromatic heterocycles. The van der Waals surface area contributed by atoms with Gasteiger partial charge in [0.2, 0.25) is 5.76 Å². The van der Waals surface area contributed by atoms with Crippen molar-refractivity contribution in [1.29, 1.82) is 0 Å². The van der Waals surface area contributed by atoms with E-state index in [0.717, 1.165) is 5.69 Å². The predicted molar refractivity (Wildman–Crippen MR) is 89.4 cm³/mol. The number of carbonyl (C=O) groups excluding carboxylic acids is 1. The fraction of sp³-hybridized carbons (Fsp3) is 0.529. The molecule has 0 bridgehead atoms. The van der Waals surface area contributed by atoms with Crippen LogP contribution in [0, 0.1) is 0 Å². The van der Waals surface area contributed by atoms with Gasteiger partial charge >= 0.3 is 0 Å². The highest BCUT2D eigenvalue weighted by Crippen LogP contribution is 2.18. The number of hydrogen-bond acceptors (Lipinski definition) is 6. The van der Waals surface area contributed by atoms with Gasteiger partial charge in [0.25, 0.3) is 11.5 Å². The highest BCUT2D eigenvalue weighted by molar-refractivity contribution is 5.91. The first-order valence-electron chi connectivity index (χ1n) is 8.44. The van der Waals surface area contributed by atoms with Gasteiger partial charge in [0.05, 0.1) is 24.7 Å². The van der Waals surface area contributed by atoms with Crippen LogP contribution in [0.5, 0.6) is 0 Å². The summed E-state index contributed by atoms with van der Waals surface area (Å²) in [5.41, 5.74) is 1.32. The maximum atomic E-state index is 12.6. The summed E-state index contributed by atoms with van der Waals surface area (Å²) < 4.78 is 10.9. The molecule has 0 unspecified atom stereocenters. The van der Waals surface area contributed by atoms with Crippen molar-refractivity contribution in [2.45, 2.75) is 38.7 Å². The van der Waals surface area contributed by atoms with Crippen molar-refractivity contribution in [3.63, 3.8) is 0 Å². The third-order valence-electron chi connectivity index (χ3n) is 4.21. The molecule has 0 radical (unpaired) electrons. The summed E-state index contributed by atoms with van der Waals surface area (Å²) >= 11 is 0. The number of H-pyrrole nitrogens is 1. The minimum absolute atomic E-state index is 0.0914. The van der Waals surface area contributed by atoms with Crippen molar-refractivity contribution in [2.75, 3.05) is 19.7 Å². The average Bonchev–Trinajstić information content (AvgIpc) is 3.10. The fourth-order valence-corrected chi connectivity index (χ4v) is 2.75. The van der Waals surface area contributed by atoms with E-state index in [1.807, 2.05) is 13.8 Å². The van der Waals surface area contributed by atoms with Gasteiger partial charge in [-0.3, -0.25) is 9.59 Å². The van der Waals surface area contributed by atoms with E-state index < -0.39 is 0 Å². The van der Waals surface area contributed by atoms with E-state index in [0.29, 0.717) is 38.2 Å². The molecule has 3 rings (SSSR count). The van der Waals surface area contributed by atoms with Crippen molar-refractivity contribution in [3.8, 4) is 0 Å². The summed E-state index contributed by atoms with van der Waals surface area (Å²) in [5, 5.41) is 3.94. The van der Waals surface area contributed by atoms with Crippen molar-refractivity contribution in [2.24, 2.45) is 0 Å². The zero-order chi connectivity index (χ0) is 17.8. The number of carbonyl (C=O) groups is 1. The second-order valence-corrected chi connectivity index (χ2v) is 6.46. The van der Waals surface area contributed by atoms with Crippen LogP contribution in [0.1, 0.15) is 48.1 Å². The number of morpholine rings is 1. The molecule has 0 spiro atoms. The van der Waals surface area contributed by atoms with Crippen LogP contribution < -0.4 is 5.56 Å². The van der Waals surface area contributed by atoms with E-state index in [9.17, 15) is 9.59 Å². The molecule has 1 fully saturated rings. The summed E-state index contributed by atoms with van der Waals surface area (Å²) in [6.45, 7) is 5.49. The Morgan fingerprint density at radius 1 is 1.44 bits per heavy atom. The molecule has 8 heteroatoms. The summed E-state index contributed by atoms with van der Waals surface area (Å²) in [7, 11) is 0. The number of nitrogens with one attached hydrogen (secondary N) is 1. The largest absolute Gasteiger partial charge is 0.375 e. The Bertz CT molecular complexity index is 783. The smallest absolute Gasteiger partial charge is 0.292 e. The van der Waals surface area contributed by atoms with Crippen molar-refractivity contribution in [3.05, 3.63) is 46.0 Å². The fourth-order valence-electron chi connectivity index (χ4n) is 2.75. The van der Waals surface area contributed by atoms with Crippen LogP contribution in [-0.4, -0.2) is 51.7 Å². The number of rotatable bonds is 5. The third kappa shape index (κ3) is 4.33. The summed E-state index contributed by atoms with van der Waals surface area (Å²) in [6.07, 6.45) is 2.61. The number of hydrogen-bond donors (Lipinski definition) is 1. The highest BCUT2D eigenvalue weighted by atomic mass is 16.5. The van der Waals surface area contributed by atoms with Gasteiger partial charge < -0.3 is 19.1 Å². The maximum Gasteiger partial charge on any atom is 0.292 e. The molecule has 0 aromatic carbocycles.